The molecule has 0 aliphatic heterocycles. The van der Waals surface area contributed by atoms with Gasteiger partial charge in [0.1, 0.15) is 24.1 Å². The zero-order chi connectivity index (χ0) is 27.5. The van der Waals surface area contributed by atoms with Crippen LogP contribution in [0.4, 0.5) is 5.69 Å². The Bertz CT molecular complexity index is 1260. The first-order valence-corrected chi connectivity index (χ1v) is 13.5. The van der Waals surface area contributed by atoms with Gasteiger partial charge in [-0.1, -0.05) is 6.07 Å². The molecule has 0 aliphatic rings. The predicted molar refractivity (Wildman–Crippen MR) is 149 cm³/mol. The number of amides is 3. The molecule has 1 aromatic heterocycles. The molecule has 0 aliphatic carbocycles. The quantitative estimate of drug-likeness (QED) is 0.285. The first-order valence-electron chi connectivity index (χ1n) is 12.1. The zero-order valence-corrected chi connectivity index (χ0v) is 22.8. The molecule has 202 valence electrons. The normalized spacial score (nSPS) is 11.4. The summed E-state index contributed by atoms with van der Waals surface area (Å²) in [6.07, 6.45) is 4.17. The number of ether oxygens (including phenoxy) is 2. The number of nitrogens with zero attached hydrogens (tertiary/aromatic N) is 2. The van der Waals surface area contributed by atoms with E-state index in [0.717, 1.165) is 17.0 Å². The van der Waals surface area contributed by atoms with Crippen molar-refractivity contribution in [3.63, 3.8) is 0 Å². The highest BCUT2D eigenvalue weighted by Crippen LogP contribution is 2.32. The molecule has 0 fully saturated rings. The fraction of sp³-hybridized carbons (Fsp3) is 0.333. The highest BCUT2D eigenvalue weighted by Gasteiger charge is 2.19. The lowest BCUT2D eigenvalue weighted by molar-refractivity contribution is -0.128. The van der Waals surface area contributed by atoms with Gasteiger partial charge in [0.25, 0.3) is 5.91 Å². The SMILES string of the molecule is COc1cccc(C(=O)Nc2ccc(OCCNC(=O)[C@H](CCSC)NC(C)=O)c(-c3ccnn3C)c2)c1. The summed E-state index contributed by atoms with van der Waals surface area (Å²) < 4.78 is 12.9. The summed E-state index contributed by atoms with van der Waals surface area (Å²) in [5.74, 6) is 1.15. The van der Waals surface area contributed by atoms with Gasteiger partial charge < -0.3 is 25.4 Å². The molecule has 0 unspecified atom stereocenters. The van der Waals surface area contributed by atoms with Crippen LogP contribution >= 0.6 is 11.8 Å². The van der Waals surface area contributed by atoms with E-state index in [0.29, 0.717) is 29.2 Å². The van der Waals surface area contributed by atoms with Gasteiger partial charge >= 0.3 is 0 Å². The molecule has 3 rings (SSSR count). The van der Waals surface area contributed by atoms with Crippen molar-refractivity contribution < 1.29 is 23.9 Å². The van der Waals surface area contributed by atoms with Crippen LogP contribution in [0.5, 0.6) is 11.5 Å². The summed E-state index contributed by atoms with van der Waals surface area (Å²) in [4.78, 5) is 36.8. The Hall–Kier alpha value is -3.99. The largest absolute Gasteiger partial charge is 0.497 e. The lowest BCUT2D eigenvalue weighted by atomic mass is 10.1. The van der Waals surface area contributed by atoms with E-state index in [9.17, 15) is 14.4 Å². The smallest absolute Gasteiger partial charge is 0.255 e. The Labute approximate surface area is 226 Å². The van der Waals surface area contributed by atoms with E-state index >= 15 is 0 Å². The summed E-state index contributed by atoms with van der Waals surface area (Å²) in [6.45, 7) is 1.86. The van der Waals surface area contributed by atoms with Crippen LogP contribution in [0.1, 0.15) is 23.7 Å². The molecular formula is C27H33N5O5S. The molecule has 0 spiro atoms. The van der Waals surface area contributed by atoms with E-state index in [1.165, 1.54) is 6.92 Å². The molecule has 0 bridgehead atoms. The van der Waals surface area contributed by atoms with Crippen LogP contribution in [0.15, 0.2) is 54.7 Å². The van der Waals surface area contributed by atoms with Gasteiger partial charge in [-0.05, 0) is 60.9 Å². The van der Waals surface area contributed by atoms with Crippen molar-refractivity contribution in [1.82, 2.24) is 20.4 Å². The number of thioether (sulfide) groups is 1. The second kappa shape index (κ2) is 14.1. The molecule has 0 radical (unpaired) electrons. The number of nitrogens with one attached hydrogen (secondary N) is 3. The number of carbonyl (C=O) groups is 3. The number of carbonyl (C=O) groups excluding carboxylic acids is 3. The molecule has 0 saturated carbocycles. The van der Waals surface area contributed by atoms with Crippen molar-refractivity contribution in [2.24, 2.45) is 7.05 Å². The molecule has 3 aromatic rings. The highest BCUT2D eigenvalue weighted by molar-refractivity contribution is 7.98. The first kappa shape index (κ1) is 28.6. The van der Waals surface area contributed by atoms with Crippen LogP contribution in [-0.4, -0.2) is 65.8 Å². The minimum absolute atomic E-state index is 0.210. The third-order valence-corrected chi connectivity index (χ3v) is 6.27. The van der Waals surface area contributed by atoms with Gasteiger partial charge in [0, 0.05) is 37.0 Å². The van der Waals surface area contributed by atoms with Crippen molar-refractivity contribution in [1.29, 1.82) is 0 Å². The van der Waals surface area contributed by atoms with Gasteiger partial charge in [0.15, 0.2) is 0 Å². The monoisotopic (exact) mass is 539 g/mol. The molecule has 3 N–H and O–H groups in total. The molecule has 1 heterocycles. The lowest BCUT2D eigenvalue weighted by Crippen LogP contribution is -2.47. The Balaban J connectivity index is 1.69. The van der Waals surface area contributed by atoms with E-state index in [1.54, 1.807) is 66.1 Å². The maximum atomic E-state index is 12.8. The van der Waals surface area contributed by atoms with E-state index in [1.807, 2.05) is 25.4 Å². The Kier molecular flexibility index (Phi) is 10.6. The minimum Gasteiger partial charge on any atom is -0.497 e. The number of aromatic nitrogens is 2. The van der Waals surface area contributed by atoms with Crippen LogP contribution in [0.25, 0.3) is 11.3 Å². The third kappa shape index (κ3) is 8.01. The lowest BCUT2D eigenvalue weighted by Gasteiger charge is -2.18. The molecular weight excluding hydrogens is 506 g/mol. The molecule has 3 amide bonds. The number of benzene rings is 2. The van der Waals surface area contributed by atoms with Gasteiger partial charge in [0.2, 0.25) is 11.8 Å². The Morgan fingerprint density at radius 2 is 1.95 bits per heavy atom. The third-order valence-electron chi connectivity index (χ3n) is 5.63. The van der Waals surface area contributed by atoms with E-state index in [-0.39, 0.29) is 30.9 Å². The van der Waals surface area contributed by atoms with E-state index < -0.39 is 6.04 Å². The number of methoxy groups -OCH3 is 1. The minimum atomic E-state index is -0.586. The van der Waals surface area contributed by atoms with E-state index in [4.69, 9.17) is 9.47 Å². The molecule has 2 aromatic carbocycles. The molecule has 11 heteroatoms. The average molecular weight is 540 g/mol. The Morgan fingerprint density at radius 3 is 2.63 bits per heavy atom. The van der Waals surface area contributed by atoms with Crippen molar-refractivity contribution in [3.8, 4) is 22.8 Å². The molecule has 10 nitrogen and oxygen atoms in total. The van der Waals surface area contributed by atoms with Gasteiger partial charge in [0.05, 0.1) is 19.3 Å². The van der Waals surface area contributed by atoms with Crippen LogP contribution in [0.2, 0.25) is 0 Å². The van der Waals surface area contributed by atoms with Crippen molar-refractivity contribution in [3.05, 3.63) is 60.3 Å². The summed E-state index contributed by atoms with van der Waals surface area (Å²) in [6, 6.07) is 13.5. The standard InChI is InChI=1S/C27H33N5O5S/c1-18(33)30-23(11-15-38-4)27(35)28-13-14-37-25-9-8-20(17-22(25)24-10-12-29-32(24)2)31-26(34)19-6-5-7-21(16-19)36-3/h5-10,12,16-17,23H,11,13-15H2,1-4H3,(H,28,35)(H,30,33)(H,31,34)/t23-/m0/s1. The predicted octanol–water partition coefficient (Wildman–Crippen LogP) is 3.10. The second-order valence-corrected chi connectivity index (χ2v) is 9.40. The maximum absolute atomic E-state index is 12.8. The van der Waals surface area contributed by atoms with Crippen molar-refractivity contribution >= 4 is 35.2 Å². The summed E-state index contributed by atoms with van der Waals surface area (Å²) in [5.41, 5.74) is 2.58. The van der Waals surface area contributed by atoms with Gasteiger partial charge in [-0.3, -0.25) is 19.1 Å². The summed E-state index contributed by atoms with van der Waals surface area (Å²) in [5, 5.41) is 12.7. The Morgan fingerprint density at radius 1 is 1.13 bits per heavy atom. The fourth-order valence-electron chi connectivity index (χ4n) is 3.75. The molecule has 38 heavy (non-hydrogen) atoms. The van der Waals surface area contributed by atoms with Gasteiger partial charge in [-0.25, -0.2) is 0 Å². The molecule has 1 atom stereocenters. The number of hydrogen-bond donors (Lipinski definition) is 3. The first-order chi connectivity index (χ1) is 18.3. The number of rotatable bonds is 13. The number of aryl methyl sites for hydroxylation is 1. The zero-order valence-electron chi connectivity index (χ0n) is 21.9. The molecule has 0 saturated heterocycles. The van der Waals surface area contributed by atoms with Crippen molar-refractivity contribution in [2.75, 3.05) is 37.6 Å². The van der Waals surface area contributed by atoms with Crippen LogP contribution in [0, 0.1) is 0 Å². The van der Waals surface area contributed by atoms with E-state index in [2.05, 4.69) is 21.0 Å². The fourth-order valence-corrected chi connectivity index (χ4v) is 4.22. The van der Waals surface area contributed by atoms with Crippen molar-refractivity contribution in [2.45, 2.75) is 19.4 Å². The summed E-state index contributed by atoms with van der Waals surface area (Å²) >= 11 is 1.61. The van der Waals surface area contributed by atoms with Crippen LogP contribution in [0.3, 0.4) is 0 Å². The van der Waals surface area contributed by atoms with Crippen LogP contribution in [-0.2, 0) is 16.6 Å². The summed E-state index contributed by atoms with van der Waals surface area (Å²) in [7, 11) is 3.37. The number of hydrogen-bond acceptors (Lipinski definition) is 7. The highest BCUT2D eigenvalue weighted by atomic mass is 32.2. The number of anilines is 1. The second-order valence-electron chi connectivity index (χ2n) is 8.41. The average Bonchev–Trinajstić information content (AvgIpc) is 3.34. The van der Waals surface area contributed by atoms with Gasteiger partial charge in [-0.15, -0.1) is 0 Å². The topological polar surface area (TPSA) is 124 Å². The maximum Gasteiger partial charge on any atom is 0.255 e. The van der Waals surface area contributed by atoms with Crippen LogP contribution < -0.4 is 25.4 Å². The van der Waals surface area contributed by atoms with Gasteiger partial charge in [-0.2, -0.15) is 16.9 Å².